The number of hydrogen-bond donors (Lipinski definition) is 1. The number of terminal acetylenes is 1. The van der Waals surface area contributed by atoms with Crippen LogP contribution in [-0.4, -0.2) is 37.4 Å². The van der Waals surface area contributed by atoms with Gasteiger partial charge in [0.1, 0.15) is 17.6 Å². The summed E-state index contributed by atoms with van der Waals surface area (Å²) in [6.45, 7) is 2.00. The van der Waals surface area contributed by atoms with Crippen LogP contribution < -0.4 is 19.9 Å². The van der Waals surface area contributed by atoms with E-state index in [-0.39, 0.29) is 30.3 Å². The number of amides is 3. The average Bonchev–Trinajstić information content (AvgIpc) is 3.32. The maximum Gasteiger partial charge on any atom is 0.295 e. The fraction of sp³-hybridized carbons (Fsp3) is 0.292. The van der Waals surface area contributed by atoms with Gasteiger partial charge in [-0.15, -0.1) is 6.42 Å². The van der Waals surface area contributed by atoms with Crippen molar-refractivity contribution < 1.29 is 24.4 Å². The van der Waals surface area contributed by atoms with Crippen LogP contribution in [0.5, 0.6) is 5.75 Å². The zero-order chi connectivity index (χ0) is 21.9. The van der Waals surface area contributed by atoms with E-state index in [2.05, 4.69) is 5.92 Å². The van der Waals surface area contributed by atoms with Crippen LogP contribution in [0.3, 0.4) is 0 Å². The zero-order valence-electron chi connectivity index (χ0n) is 17.2. The smallest absolute Gasteiger partial charge is 0.295 e. The van der Waals surface area contributed by atoms with Crippen LogP contribution in [-0.2, 0) is 19.9 Å². The van der Waals surface area contributed by atoms with Crippen molar-refractivity contribution in [2.75, 3.05) is 23.5 Å². The summed E-state index contributed by atoms with van der Waals surface area (Å²) in [5.41, 5.74) is 0.625. The molecule has 2 aromatic carbocycles. The summed E-state index contributed by atoms with van der Waals surface area (Å²) < 4.78 is 5.40. The first-order valence-corrected chi connectivity index (χ1v) is 10.2. The van der Waals surface area contributed by atoms with E-state index >= 15 is 0 Å². The van der Waals surface area contributed by atoms with Gasteiger partial charge in [-0.2, -0.15) is 0 Å². The summed E-state index contributed by atoms with van der Waals surface area (Å²) in [5, 5.41) is 1.88. The third kappa shape index (κ3) is 2.31. The Morgan fingerprint density at radius 1 is 1.06 bits per heavy atom. The summed E-state index contributed by atoms with van der Waals surface area (Å²) in [7, 11) is 1.50. The zero-order valence-corrected chi connectivity index (χ0v) is 17.2. The summed E-state index contributed by atoms with van der Waals surface area (Å²) in [5.74, 6) is 0.595. The van der Waals surface area contributed by atoms with Crippen LogP contribution in [0.25, 0.3) is 0 Å². The molecule has 0 aliphatic carbocycles. The van der Waals surface area contributed by atoms with Gasteiger partial charge >= 0.3 is 0 Å². The van der Waals surface area contributed by atoms with E-state index in [0.29, 0.717) is 17.1 Å². The molecule has 156 valence electrons. The second-order valence-corrected chi connectivity index (χ2v) is 8.19. The van der Waals surface area contributed by atoms with E-state index < -0.39 is 17.4 Å². The topological polar surface area (TPSA) is 83.5 Å². The molecule has 5 rings (SSSR count). The number of fused-ring (bicyclic) bond motifs is 4. The molecule has 0 saturated carbocycles. The van der Waals surface area contributed by atoms with Gasteiger partial charge in [0.2, 0.25) is 17.4 Å². The minimum atomic E-state index is -1.21. The molecule has 0 bridgehead atoms. The molecule has 7 heteroatoms. The molecule has 3 aliphatic heterocycles. The summed E-state index contributed by atoms with van der Waals surface area (Å²) in [6.07, 6.45) is 5.53. The molecule has 4 atom stereocenters. The lowest BCUT2D eigenvalue weighted by atomic mass is 9.76. The van der Waals surface area contributed by atoms with Gasteiger partial charge in [-0.3, -0.25) is 19.3 Å². The van der Waals surface area contributed by atoms with Crippen molar-refractivity contribution in [3.8, 4) is 18.1 Å². The van der Waals surface area contributed by atoms with Crippen LogP contribution >= 0.6 is 0 Å². The minimum Gasteiger partial charge on any atom is -0.495 e. The van der Waals surface area contributed by atoms with Crippen molar-refractivity contribution in [1.82, 2.24) is 0 Å². The van der Waals surface area contributed by atoms with E-state index in [1.807, 2.05) is 36.5 Å². The van der Waals surface area contributed by atoms with E-state index in [9.17, 15) is 14.4 Å². The highest BCUT2D eigenvalue weighted by Crippen LogP contribution is 2.52. The van der Waals surface area contributed by atoms with Gasteiger partial charge < -0.3 is 10.1 Å². The van der Waals surface area contributed by atoms with Gasteiger partial charge in [0.25, 0.3) is 5.91 Å². The Kier molecular flexibility index (Phi) is 4.17. The molecular formula is C24H22N3O4+. The lowest BCUT2D eigenvalue weighted by molar-refractivity contribution is -0.730. The predicted octanol–water partition coefficient (Wildman–Crippen LogP) is 0.642. The quantitative estimate of drug-likeness (QED) is 0.588. The molecule has 3 heterocycles. The second kappa shape index (κ2) is 6.69. The molecule has 0 unspecified atom stereocenters. The molecule has 1 spiro atoms. The first-order valence-electron chi connectivity index (χ1n) is 10.2. The van der Waals surface area contributed by atoms with Crippen molar-refractivity contribution in [3.05, 3.63) is 54.1 Å². The van der Waals surface area contributed by atoms with Crippen LogP contribution in [0.15, 0.2) is 48.5 Å². The van der Waals surface area contributed by atoms with Gasteiger partial charge in [0.15, 0.2) is 0 Å². The Morgan fingerprint density at radius 2 is 1.74 bits per heavy atom. The Morgan fingerprint density at radius 3 is 2.45 bits per heavy atom. The van der Waals surface area contributed by atoms with Gasteiger partial charge in [0, 0.05) is 5.56 Å². The van der Waals surface area contributed by atoms with E-state index in [1.54, 1.807) is 29.2 Å². The summed E-state index contributed by atoms with van der Waals surface area (Å²) in [4.78, 5) is 43.8. The van der Waals surface area contributed by atoms with E-state index in [0.717, 1.165) is 5.56 Å². The number of rotatable bonds is 3. The number of nitrogens with two attached hydrogens (primary N) is 1. The number of carbonyl (C=O) groups is 3. The van der Waals surface area contributed by atoms with E-state index in [4.69, 9.17) is 11.2 Å². The first kappa shape index (κ1) is 19.3. The van der Waals surface area contributed by atoms with Gasteiger partial charge in [-0.05, 0) is 25.1 Å². The molecule has 2 N–H and O–H groups in total. The number of imide groups is 1. The number of para-hydroxylation sites is 3. The standard InChI is InChI=1S/C24H21N3O4/c1-4-13-26-16-10-6-5-9-15(16)24(23(26)30)20-19(14(2)25-24)21(28)27(22(20)29)17-11-7-8-12-18(17)31-3/h1,5-12,14,19-20,25H,13H2,2-3H3/p+1/t14-,19-,20+,24+/m1/s1. The lowest BCUT2D eigenvalue weighted by Gasteiger charge is -2.27. The number of ether oxygens (including phenoxy) is 1. The molecule has 2 saturated heterocycles. The molecule has 2 fully saturated rings. The van der Waals surface area contributed by atoms with Crippen molar-refractivity contribution in [3.63, 3.8) is 0 Å². The van der Waals surface area contributed by atoms with Crippen LogP contribution in [0.1, 0.15) is 12.5 Å². The lowest BCUT2D eigenvalue weighted by Crippen LogP contribution is -2.98. The SMILES string of the molecule is C#CCN1C(=O)[C@]2([NH2+][C@H](C)[C@H]3C(=O)N(c4ccccc4OC)C(=O)[C@H]32)c2ccccc21. The molecule has 3 amide bonds. The molecular weight excluding hydrogens is 394 g/mol. The highest BCUT2D eigenvalue weighted by Gasteiger charge is 2.74. The number of benzene rings is 2. The molecule has 31 heavy (non-hydrogen) atoms. The summed E-state index contributed by atoms with van der Waals surface area (Å²) in [6, 6.07) is 14.0. The minimum absolute atomic E-state index is 0.107. The largest absolute Gasteiger partial charge is 0.495 e. The van der Waals surface area contributed by atoms with E-state index in [1.165, 1.54) is 12.0 Å². The second-order valence-electron chi connectivity index (χ2n) is 8.19. The molecule has 3 aliphatic rings. The number of methoxy groups -OCH3 is 1. The monoisotopic (exact) mass is 416 g/mol. The van der Waals surface area contributed by atoms with Gasteiger partial charge in [-0.1, -0.05) is 36.3 Å². The normalized spacial score (nSPS) is 28.8. The van der Waals surface area contributed by atoms with Crippen LogP contribution in [0.4, 0.5) is 11.4 Å². The predicted molar refractivity (Wildman–Crippen MR) is 113 cm³/mol. The maximum atomic E-state index is 13.8. The van der Waals surface area contributed by atoms with Crippen molar-refractivity contribution in [2.24, 2.45) is 11.8 Å². The molecule has 7 nitrogen and oxygen atoms in total. The van der Waals surface area contributed by atoms with Crippen molar-refractivity contribution in [1.29, 1.82) is 0 Å². The number of anilines is 2. The van der Waals surface area contributed by atoms with Crippen LogP contribution in [0, 0.1) is 24.2 Å². The number of hydrogen-bond acceptors (Lipinski definition) is 4. The third-order valence-electron chi connectivity index (χ3n) is 6.75. The molecule has 0 radical (unpaired) electrons. The maximum absolute atomic E-state index is 13.8. The highest BCUT2D eigenvalue weighted by molar-refractivity contribution is 6.25. The Labute approximate surface area is 180 Å². The van der Waals surface area contributed by atoms with Crippen LogP contribution in [0.2, 0.25) is 0 Å². The average molecular weight is 416 g/mol. The number of carbonyl (C=O) groups excluding carboxylic acids is 3. The fourth-order valence-corrected chi connectivity index (χ4v) is 5.59. The Bertz CT molecular complexity index is 1170. The summed E-state index contributed by atoms with van der Waals surface area (Å²) >= 11 is 0. The van der Waals surface area contributed by atoms with Gasteiger partial charge in [-0.25, -0.2) is 4.90 Å². The molecule has 0 aromatic heterocycles. The molecule has 2 aromatic rings. The van der Waals surface area contributed by atoms with Crippen molar-refractivity contribution >= 4 is 29.1 Å². The highest BCUT2D eigenvalue weighted by atomic mass is 16.5. The first-order chi connectivity index (χ1) is 15.0. The number of quaternary nitrogens is 1. The fourth-order valence-electron chi connectivity index (χ4n) is 5.59. The van der Waals surface area contributed by atoms with Gasteiger partial charge in [0.05, 0.1) is 31.1 Å². The number of nitrogens with zero attached hydrogens (tertiary/aromatic N) is 2. The van der Waals surface area contributed by atoms with Crippen molar-refractivity contribution in [2.45, 2.75) is 18.5 Å². The Hall–Kier alpha value is -3.63. The Balaban J connectivity index is 1.68. The third-order valence-corrected chi connectivity index (χ3v) is 6.75.